The molecule has 170 valence electrons. The summed E-state index contributed by atoms with van der Waals surface area (Å²) in [4.78, 5) is 45.5. The third kappa shape index (κ3) is 2.72. The number of nitro groups is 1. The third-order valence-corrected chi connectivity index (χ3v) is 7.62. The van der Waals surface area contributed by atoms with Gasteiger partial charge in [0.2, 0.25) is 5.91 Å². The van der Waals surface area contributed by atoms with Gasteiger partial charge in [-0.2, -0.15) is 0 Å². The Kier molecular flexibility index (Phi) is 4.60. The van der Waals surface area contributed by atoms with E-state index >= 15 is 0 Å². The van der Waals surface area contributed by atoms with E-state index in [-0.39, 0.29) is 29.3 Å². The van der Waals surface area contributed by atoms with Crippen molar-refractivity contribution >= 4 is 23.1 Å². The highest BCUT2D eigenvalue weighted by molar-refractivity contribution is 6.12. The van der Waals surface area contributed by atoms with Gasteiger partial charge in [0.25, 0.3) is 5.69 Å². The molecule has 3 aromatic rings. The highest BCUT2D eigenvalue weighted by Gasteiger charge is 2.69. The Morgan fingerprint density at radius 2 is 1.91 bits per heavy atom. The standard InChI is InChI=1S/C26H22N4O4/c31-24(16-10-12-27-13-11-16)23-22(17-5-3-6-18(15-17)30(33)34)21-9-4-14-29(21)26(23)19-7-1-2-8-20(19)28-25(26)32/h1-3,5-8,10-13,15,21-23H,4,9,14H2,(H,28,32)/t21-,22+,23-,26+/m0/s1. The van der Waals surface area contributed by atoms with Crippen molar-refractivity contribution in [3.8, 4) is 0 Å². The van der Waals surface area contributed by atoms with Crippen molar-refractivity contribution in [2.45, 2.75) is 30.3 Å². The van der Waals surface area contributed by atoms with Crippen LogP contribution in [0, 0.1) is 16.0 Å². The summed E-state index contributed by atoms with van der Waals surface area (Å²) >= 11 is 0. The van der Waals surface area contributed by atoms with Crippen molar-refractivity contribution in [2.24, 2.45) is 5.92 Å². The normalized spacial score (nSPS) is 27.4. The maximum atomic E-state index is 14.2. The molecule has 0 bridgehead atoms. The minimum Gasteiger partial charge on any atom is -0.324 e. The van der Waals surface area contributed by atoms with Gasteiger partial charge in [-0.1, -0.05) is 30.3 Å². The van der Waals surface area contributed by atoms with Crippen molar-refractivity contribution in [1.29, 1.82) is 0 Å². The van der Waals surface area contributed by atoms with E-state index < -0.39 is 16.4 Å². The predicted molar refractivity (Wildman–Crippen MR) is 124 cm³/mol. The largest absolute Gasteiger partial charge is 0.324 e. The van der Waals surface area contributed by atoms with E-state index in [1.165, 1.54) is 6.07 Å². The number of benzene rings is 2. The van der Waals surface area contributed by atoms with Gasteiger partial charge < -0.3 is 5.32 Å². The van der Waals surface area contributed by atoms with E-state index in [1.54, 1.807) is 36.7 Å². The molecule has 3 aliphatic heterocycles. The number of carbonyl (C=O) groups excluding carboxylic acids is 2. The topological polar surface area (TPSA) is 105 Å². The average Bonchev–Trinajstić information content (AvgIpc) is 3.52. The number of hydrogen-bond donors (Lipinski definition) is 1. The molecule has 1 amide bonds. The van der Waals surface area contributed by atoms with Crippen LogP contribution in [0.5, 0.6) is 0 Å². The number of amides is 1. The second-order valence-corrected chi connectivity index (χ2v) is 9.12. The van der Waals surface area contributed by atoms with E-state index in [2.05, 4.69) is 15.2 Å². The molecule has 8 nitrogen and oxygen atoms in total. The van der Waals surface area contributed by atoms with Gasteiger partial charge in [0.1, 0.15) is 5.54 Å². The summed E-state index contributed by atoms with van der Waals surface area (Å²) in [6.07, 6.45) is 4.84. The lowest BCUT2D eigenvalue weighted by Gasteiger charge is -2.36. The van der Waals surface area contributed by atoms with Crippen molar-refractivity contribution in [2.75, 3.05) is 11.9 Å². The lowest BCUT2D eigenvalue weighted by atomic mass is 9.69. The lowest BCUT2D eigenvalue weighted by molar-refractivity contribution is -0.384. The van der Waals surface area contributed by atoms with E-state index in [0.29, 0.717) is 23.4 Å². The zero-order valence-corrected chi connectivity index (χ0v) is 18.3. The monoisotopic (exact) mass is 454 g/mol. The summed E-state index contributed by atoms with van der Waals surface area (Å²) in [5, 5.41) is 14.6. The summed E-state index contributed by atoms with van der Waals surface area (Å²) in [7, 11) is 0. The first-order chi connectivity index (χ1) is 16.5. The third-order valence-electron chi connectivity index (χ3n) is 7.62. The SMILES string of the molecule is O=C(c1ccncc1)[C@@H]1[C@H](c2cccc([N+](=O)[O-])c2)[C@@H]2CCCN2[C@@]12C(=O)Nc1ccccc12. The Morgan fingerprint density at radius 1 is 1.12 bits per heavy atom. The average molecular weight is 454 g/mol. The molecule has 2 aromatic carbocycles. The molecular weight excluding hydrogens is 432 g/mol. The fourth-order valence-electron chi connectivity index (χ4n) is 6.43. The van der Waals surface area contributed by atoms with Gasteiger partial charge in [0.05, 0.1) is 10.8 Å². The van der Waals surface area contributed by atoms with Crippen LogP contribution in [0.4, 0.5) is 11.4 Å². The fraction of sp³-hybridized carbons (Fsp3) is 0.269. The number of hydrogen-bond acceptors (Lipinski definition) is 6. The molecular formula is C26H22N4O4. The summed E-state index contributed by atoms with van der Waals surface area (Å²) in [6, 6.07) is 17.3. The van der Waals surface area contributed by atoms with Gasteiger partial charge in [-0.3, -0.25) is 29.6 Å². The highest BCUT2D eigenvalue weighted by Crippen LogP contribution is 2.61. The molecule has 0 radical (unpaired) electrons. The number of para-hydroxylation sites is 1. The van der Waals surface area contributed by atoms with Gasteiger partial charge in [-0.05, 0) is 43.1 Å². The molecule has 8 heteroatoms. The van der Waals surface area contributed by atoms with Crippen LogP contribution in [0.2, 0.25) is 0 Å². The van der Waals surface area contributed by atoms with Gasteiger partial charge in [0.15, 0.2) is 5.78 Å². The van der Waals surface area contributed by atoms with Crippen LogP contribution in [0.15, 0.2) is 73.1 Å². The molecule has 3 aliphatic rings. The van der Waals surface area contributed by atoms with Crippen LogP contribution in [0.25, 0.3) is 0 Å². The summed E-state index contributed by atoms with van der Waals surface area (Å²) in [5.41, 5.74) is 1.51. The Labute approximate surface area is 195 Å². The van der Waals surface area contributed by atoms with Crippen LogP contribution < -0.4 is 5.32 Å². The number of pyridine rings is 1. The number of anilines is 1. The number of rotatable bonds is 4. The van der Waals surface area contributed by atoms with Crippen LogP contribution >= 0.6 is 0 Å². The Hall–Kier alpha value is -3.91. The molecule has 4 heterocycles. The maximum absolute atomic E-state index is 14.2. The number of non-ortho nitro benzene ring substituents is 1. The minimum atomic E-state index is -1.17. The molecule has 1 aromatic heterocycles. The van der Waals surface area contributed by atoms with E-state index in [9.17, 15) is 19.7 Å². The number of fused-ring (bicyclic) bond motifs is 4. The summed E-state index contributed by atoms with van der Waals surface area (Å²) in [6.45, 7) is 0.679. The molecule has 4 atom stereocenters. The second kappa shape index (κ2) is 7.56. The lowest BCUT2D eigenvalue weighted by Crippen LogP contribution is -2.52. The van der Waals surface area contributed by atoms with Crippen LogP contribution in [0.3, 0.4) is 0 Å². The number of nitrogens with one attached hydrogen (secondary N) is 1. The van der Waals surface area contributed by atoms with Gasteiger partial charge in [-0.15, -0.1) is 0 Å². The van der Waals surface area contributed by atoms with Gasteiger partial charge in [-0.25, -0.2) is 0 Å². The molecule has 0 saturated carbocycles. The Balaban J connectivity index is 1.62. The van der Waals surface area contributed by atoms with E-state index in [0.717, 1.165) is 18.4 Å². The first-order valence-corrected chi connectivity index (χ1v) is 11.4. The van der Waals surface area contributed by atoms with Crippen molar-refractivity contribution in [1.82, 2.24) is 9.88 Å². The number of nitrogens with zero attached hydrogens (tertiary/aromatic N) is 3. The smallest absolute Gasteiger partial charge is 0.269 e. The first kappa shape index (κ1) is 20.7. The summed E-state index contributed by atoms with van der Waals surface area (Å²) < 4.78 is 0. The molecule has 34 heavy (non-hydrogen) atoms. The number of aromatic nitrogens is 1. The summed E-state index contributed by atoms with van der Waals surface area (Å²) in [5.74, 6) is -1.48. The zero-order valence-electron chi connectivity index (χ0n) is 18.3. The van der Waals surface area contributed by atoms with Crippen molar-refractivity contribution in [3.63, 3.8) is 0 Å². The van der Waals surface area contributed by atoms with Crippen LogP contribution in [-0.2, 0) is 10.3 Å². The molecule has 1 N–H and O–H groups in total. The maximum Gasteiger partial charge on any atom is 0.269 e. The predicted octanol–water partition coefficient (Wildman–Crippen LogP) is 3.90. The second-order valence-electron chi connectivity index (χ2n) is 9.12. The Bertz CT molecular complexity index is 1330. The van der Waals surface area contributed by atoms with Gasteiger partial charge >= 0.3 is 0 Å². The molecule has 1 spiro atoms. The molecule has 2 saturated heterocycles. The molecule has 0 aliphatic carbocycles. The highest BCUT2D eigenvalue weighted by atomic mass is 16.6. The fourth-order valence-corrected chi connectivity index (χ4v) is 6.43. The van der Waals surface area contributed by atoms with Crippen LogP contribution in [-0.4, -0.2) is 39.1 Å². The first-order valence-electron chi connectivity index (χ1n) is 11.4. The molecule has 2 fully saturated rings. The quantitative estimate of drug-likeness (QED) is 0.364. The van der Waals surface area contributed by atoms with E-state index in [1.807, 2.05) is 30.3 Å². The number of ketones is 1. The number of nitro benzene ring substituents is 1. The van der Waals surface area contributed by atoms with Crippen molar-refractivity contribution in [3.05, 3.63) is 99.9 Å². The zero-order chi connectivity index (χ0) is 23.4. The van der Waals surface area contributed by atoms with Gasteiger partial charge in [0, 0.05) is 53.3 Å². The Morgan fingerprint density at radius 3 is 2.71 bits per heavy atom. The number of carbonyl (C=O) groups is 2. The van der Waals surface area contributed by atoms with Crippen molar-refractivity contribution < 1.29 is 14.5 Å². The van der Waals surface area contributed by atoms with E-state index in [4.69, 9.17) is 0 Å². The number of Topliss-reactive ketones (excluding diaryl/α,β-unsaturated/α-hetero) is 1. The molecule has 0 unspecified atom stereocenters. The minimum absolute atomic E-state index is 0.0191. The van der Waals surface area contributed by atoms with Crippen LogP contribution in [0.1, 0.15) is 40.2 Å². The molecule has 6 rings (SSSR count).